The Labute approximate surface area is 96.3 Å². The Kier molecular flexibility index (Phi) is 22.5. The number of unbranched alkanes of at least 4 members (excludes halogenated alkanes) is 4. The second kappa shape index (κ2) is 19.5. The van der Waals surface area contributed by atoms with Gasteiger partial charge in [-0.15, -0.1) is 0 Å². The summed E-state index contributed by atoms with van der Waals surface area (Å²) in [5.74, 6) is 0. The summed E-state index contributed by atoms with van der Waals surface area (Å²) in [4.78, 5) is 9.96. The highest BCUT2D eigenvalue weighted by Crippen LogP contribution is 1.97. The molecule has 0 aliphatic heterocycles. The van der Waals surface area contributed by atoms with Crippen LogP contribution in [-0.4, -0.2) is 13.2 Å². The van der Waals surface area contributed by atoms with Gasteiger partial charge in [0.2, 0.25) is 0 Å². The van der Waals surface area contributed by atoms with Crippen LogP contribution in [0.5, 0.6) is 0 Å². The molecule has 0 heterocycles. The van der Waals surface area contributed by atoms with Gasteiger partial charge in [-0.1, -0.05) is 59.8 Å². The van der Waals surface area contributed by atoms with Gasteiger partial charge in [0.25, 0.3) is 0 Å². The molecule has 0 saturated heterocycles. The minimum Gasteiger partial charge on any atom is -0.237 e. The zero-order valence-electron chi connectivity index (χ0n) is 11.2. The van der Waals surface area contributed by atoms with Gasteiger partial charge in [-0.2, -0.15) is 0 Å². The fourth-order valence-electron chi connectivity index (χ4n) is 0.940. The van der Waals surface area contributed by atoms with Crippen LogP contribution in [0.3, 0.4) is 0 Å². The summed E-state index contributed by atoms with van der Waals surface area (Å²) in [6.45, 7) is 10.1. The Morgan fingerprint density at radius 1 is 0.600 bits per heavy atom. The molecule has 0 saturated carbocycles. The van der Waals surface area contributed by atoms with Gasteiger partial charge in [-0.05, 0) is 12.8 Å². The minimum atomic E-state index is 0.750. The van der Waals surface area contributed by atoms with Gasteiger partial charge in [-0.3, -0.25) is 0 Å². The van der Waals surface area contributed by atoms with Crippen molar-refractivity contribution < 1.29 is 9.78 Å². The molecule has 2 heteroatoms. The third kappa shape index (κ3) is 24.9. The number of hydrogen-bond acceptors (Lipinski definition) is 2. The molecule has 0 amide bonds. The van der Waals surface area contributed by atoms with Gasteiger partial charge in [-0.25, -0.2) is 9.78 Å². The Bertz CT molecular complexity index is 74.6. The molecule has 0 fully saturated rings. The van der Waals surface area contributed by atoms with Crippen LogP contribution in [0, 0.1) is 0 Å². The fraction of sp³-hybridized carbons (Fsp3) is 1.00. The van der Waals surface area contributed by atoms with Crippen molar-refractivity contribution in [2.45, 2.75) is 72.6 Å². The van der Waals surface area contributed by atoms with Gasteiger partial charge in [0, 0.05) is 0 Å². The van der Waals surface area contributed by atoms with Gasteiger partial charge in [0.1, 0.15) is 0 Å². The Balaban J connectivity index is 0. The van der Waals surface area contributed by atoms with Crippen LogP contribution in [0.15, 0.2) is 0 Å². The molecular weight excluding hydrogens is 188 g/mol. The summed E-state index contributed by atoms with van der Waals surface area (Å²) in [6.07, 6.45) is 8.42. The zero-order valence-corrected chi connectivity index (χ0v) is 11.2. The van der Waals surface area contributed by atoms with Crippen LogP contribution in [0.2, 0.25) is 0 Å². The first kappa shape index (κ1) is 17.3. The monoisotopic (exact) mass is 218 g/mol. The minimum absolute atomic E-state index is 0.750. The Morgan fingerprint density at radius 2 is 0.933 bits per heavy atom. The Hall–Kier alpha value is -0.0800. The van der Waals surface area contributed by atoms with Crippen molar-refractivity contribution in [3.05, 3.63) is 0 Å². The van der Waals surface area contributed by atoms with Crippen molar-refractivity contribution in [2.24, 2.45) is 0 Å². The van der Waals surface area contributed by atoms with Crippen LogP contribution in [0.1, 0.15) is 72.6 Å². The maximum atomic E-state index is 4.98. The molecule has 0 N–H and O–H groups in total. The molecule has 0 unspecified atom stereocenters. The summed E-state index contributed by atoms with van der Waals surface area (Å²) in [5.41, 5.74) is 0. The summed E-state index contributed by atoms with van der Waals surface area (Å²) in [5, 5.41) is 0. The largest absolute Gasteiger partial charge is 0.237 e. The van der Waals surface area contributed by atoms with Crippen LogP contribution in [0.25, 0.3) is 0 Å². The number of hydrogen-bond donors (Lipinski definition) is 0. The average molecular weight is 218 g/mol. The highest BCUT2D eigenvalue weighted by molar-refractivity contribution is 4.34. The van der Waals surface area contributed by atoms with E-state index in [2.05, 4.69) is 27.7 Å². The zero-order chi connectivity index (χ0) is 11.8. The van der Waals surface area contributed by atoms with Gasteiger partial charge in [0.15, 0.2) is 0 Å². The van der Waals surface area contributed by atoms with Crippen molar-refractivity contribution >= 4 is 0 Å². The molecule has 15 heavy (non-hydrogen) atoms. The molecule has 0 spiro atoms. The van der Waals surface area contributed by atoms with E-state index >= 15 is 0 Å². The molecule has 0 aromatic rings. The van der Waals surface area contributed by atoms with Crippen molar-refractivity contribution in [1.29, 1.82) is 0 Å². The molecule has 0 aliphatic carbocycles. The molecule has 0 bridgehead atoms. The molecule has 2 nitrogen and oxygen atoms in total. The normalized spacial score (nSPS) is 9.60. The maximum absolute atomic E-state index is 4.98. The lowest BCUT2D eigenvalue weighted by Crippen LogP contribution is -1.98. The molecule has 0 aliphatic rings. The first-order valence-corrected chi connectivity index (χ1v) is 6.57. The lowest BCUT2D eigenvalue weighted by molar-refractivity contribution is -0.295. The van der Waals surface area contributed by atoms with E-state index in [9.17, 15) is 0 Å². The van der Waals surface area contributed by atoms with Gasteiger partial charge >= 0.3 is 0 Å². The van der Waals surface area contributed by atoms with Crippen LogP contribution in [-0.2, 0) is 9.78 Å². The lowest BCUT2D eigenvalue weighted by atomic mass is 10.3. The van der Waals surface area contributed by atoms with E-state index in [1.54, 1.807) is 0 Å². The maximum Gasteiger partial charge on any atom is 0.0822 e. The van der Waals surface area contributed by atoms with Crippen LogP contribution in [0.4, 0.5) is 0 Å². The first-order chi connectivity index (χ1) is 7.33. The summed E-state index contributed by atoms with van der Waals surface area (Å²) in [6, 6.07) is 0. The van der Waals surface area contributed by atoms with Crippen molar-refractivity contribution in [2.75, 3.05) is 13.2 Å². The topological polar surface area (TPSA) is 18.5 Å². The third-order valence-corrected chi connectivity index (χ3v) is 1.75. The summed E-state index contributed by atoms with van der Waals surface area (Å²) >= 11 is 0. The third-order valence-electron chi connectivity index (χ3n) is 1.75. The fourth-order valence-corrected chi connectivity index (χ4v) is 0.940. The number of rotatable bonds is 9. The quantitative estimate of drug-likeness (QED) is 0.316. The van der Waals surface area contributed by atoms with E-state index in [1.165, 1.54) is 32.1 Å². The SMILES string of the molecule is CCC.CCCCCOOCCCCC. The van der Waals surface area contributed by atoms with E-state index in [-0.39, 0.29) is 0 Å². The standard InChI is InChI=1S/C10H22O2.C3H8/c1-3-5-7-9-11-12-10-8-6-4-2;1-3-2/h3-10H2,1-2H3;3H2,1-2H3. The summed E-state index contributed by atoms with van der Waals surface area (Å²) in [7, 11) is 0. The highest BCUT2D eigenvalue weighted by Gasteiger charge is 1.89. The molecule has 0 aromatic carbocycles. The molecule has 0 atom stereocenters. The van der Waals surface area contributed by atoms with Crippen molar-refractivity contribution in [1.82, 2.24) is 0 Å². The van der Waals surface area contributed by atoms with Gasteiger partial charge < -0.3 is 0 Å². The van der Waals surface area contributed by atoms with E-state index in [4.69, 9.17) is 9.78 Å². The molecular formula is C13H30O2. The van der Waals surface area contributed by atoms with E-state index in [0.717, 1.165) is 26.1 Å². The van der Waals surface area contributed by atoms with E-state index in [0.29, 0.717) is 0 Å². The van der Waals surface area contributed by atoms with Crippen molar-refractivity contribution in [3.8, 4) is 0 Å². The summed E-state index contributed by atoms with van der Waals surface area (Å²) < 4.78 is 0. The molecule has 0 aromatic heterocycles. The molecule has 94 valence electrons. The van der Waals surface area contributed by atoms with E-state index in [1.807, 2.05) is 0 Å². The van der Waals surface area contributed by atoms with Crippen LogP contribution < -0.4 is 0 Å². The molecule has 0 rings (SSSR count). The average Bonchev–Trinajstić information content (AvgIpc) is 2.23. The Morgan fingerprint density at radius 3 is 1.20 bits per heavy atom. The second-order valence-corrected chi connectivity index (χ2v) is 3.77. The van der Waals surface area contributed by atoms with E-state index < -0.39 is 0 Å². The lowest BCUT2D eigenvalue weighted by Gasteiger charge is -2.02. The smallest absolute Gasteiger partial charge is 0.0822 e. The van der Waals surface area contributed by atoms with Crippen molar-refractivity contribution in [3.63, 3.8) is 0 Å². The van der Waals surface area contributed by atoms with Gasteiger partial charge in [0.05, 0.1) is 13.2 Å². The predicted octanol–water partition coefficient (Wildman–Crippen LogP) is 4.73. The first-order valence-electron chi connectivity index (χ1n) is 6.57. The highest BCUT2D eigenvalue weighted by atomic mass is 17.2. The second-order valence-electron chi connectivity index (χ2n) is 3.77. The van der Waals surface area contributed by atoms with Crippen LogP contribution >= 0.6 is 0 Å². The predicted molar refractivity (Wildman–Crippen MR) is 66.9 cm³/mol. The molecule has 0 radical (unpaired) electrons.